The molecular formula is C20H15ClN6O2. The van der Waals surface area contributed by atoms with Crippen LogP contribution in [0.4, 0.5) is 22.0 Å². The Bertz CT molecular complexity index is 1220. The number of carbonyl (C=O) groups excluding carboxylic acids is 2. The minimum Gasteiger partial charge on any atom is -0.383 e. The smallest absolute Gasteiger partial charge is 0.323 e. The molecule has 2 amide bonds. The van der Waals surface area contributed by atoms with Gasteiger partial charge in [-0.25, -0.2) is 14.8 Å². The summed E-state index contributed by atoms with van der Waals surface area (Å²) in [6.45, 7) is 0. The van der Waals surface area contributed by atoms with E-state index in [1.54, 1.807) is 54.7 Å². The largest absolute Gasteiger partial charge is 0.383 e. The van der Waals surface area contributed by atoms with Gasteiger partial charge < -0.3 is 21.4 Å². The fraction of sp³-hybridized carbons (Fsp3) is 0. The van der Waals surface area contributed by atoms with Crippen LogP contribution in [-0.4, -0.2) is 26.8 Å². The standard InChI is InChI=1S/C20H15ClN6O2/c21-12-4-6-13(7-5-12)26-20(29)27-14-3-1-2-11(8-14)17(28)15-9-23-19-16(15)18(22)24-10-25-19/h1-10H,(H2,26,27,29)(H3,22,23,24,25). The van der Waals surface area contributed by atoms with Crippen LogP contribution in [0.1, 0.15) is 15.9 Å². The Morgan fingerprint density at radius 3 is 2.55 bits per heavy atom. The van der Waals surface area contributed by atoms with Crippen LogP contribution < -0.4 is 16.4 Å². The maximum absolute atomic E-state index is 13.0. The van der Waals surface area contributed by atoms with Crippen molar-refractivity contribution in [2.45, 2.75) is 0 Å². The van der Waals surface area contributed by atoms with Gasteiger partial charge in [-0.3, -0.25) is 4.79 Å². The highest BCUT2D eigenvalue weighted by atomic mass is 35.5. The average Bonchev–Trinajstić information content (AvgIpc) is 3.15. The maximum atomic E-state index is 13.0. The van der Waals surface area contributed by atoms with E-state index in [1.165, 1.54) is 6.33 Å². The van der Waals surface area contributed by atoms with Crippen molar-refractivity contribution < 1.29 is 9.59 Å². The van der Waals surface area contributed by atoms with Crippen LogP contribution in [0, 0.1) is 0 Å². The van der Waals surface area contributed by atoms with Gasteiger partial charge >= 0.3 is 6.03 Å². The van der Waals surface area contributed by atoms with E-state index in [2.05, 4.69) is 25.6 Å². The van der Waals surface area contributed by atoms with Gasteiger partial charge in [-0.15, -0.1) is 0 Å². The molecular weight excluding hydrogens is 392 g/mol. The number of hydrogen-bond donors (Lipinski definition) is 4. The van der Waals surface area contributed by atoms with Crippen molar-refractivity contribution in [2.75, 3.05) is 16.4 Å². The molecule has 2 heterocycles. The number of ketones is 1. The van der Waals surface area contributed by atoms with Gasteiger partial charge in [0.1, 0.15) is 17.8 Å². The molecule has 2 aromatic heterocycles. The van der Waals surface area contributed by atoms with Crippen LogP contribution in [0.15, 0.2) is 61.1 Å². The van der Waals surface area contributed by atoms with E-state index in [9.17, 15) is 9.59 Å². The Labute approximate surface area is 170 Å². The van der Waals surface area contributed by atoms with Crippen molar-refractivity contribution in [1.82, 2.24) is 15.0 Å². The van der Waals surface area contributed by atoms with Crippen molar-refractivity contribution in [3.63, 3.8) is 0 Å². The number of nitrogens with zero attached hydrogens (tertiary/aromatic N) is 2. The zero-order valence-electron chi connectivity index (χ0n) is 14.9. The van der Waals surface area contributed by atoms with Crippen LogP contribution >= 0.6 is 11.6 Å². The number of hydrogen-bond acceptors (Lipinski definition) is 5. The molecule has 0 fully saturated rings. The molecule has 0 bridgehead atoms. The molecule has 0 unspecified atom stereocenters. The third-order valence-corrected chi connectivity index (χ3v) is 4.48. The first kappa shape index (κ1) is 18.5. The Kier molecular flexibility index (Phi) is 4.84. The van der Waals surface area contributed by atoms with Gasteiger partial charge in [-0.1, -0.05) is 23.7 Å². The molecule has 0 aliphatic carbocycles. The lowest BCUT2D eigenvalue weighted by Crippen LogP contribution is -2.19. The first-order chi connectivity index (χ1) is 14.0. The van der Waals surface area contributed by atoms with E-state index in [0.717, 1.165) is 0 Å². The summed E-state index contributed by atoms with van der Waals surface area (Å²) in [6.07, 6.45) is 2.87. The van der Waals surface area contributed by atoms with Crippen molar-refractivity contribution in [1.29, 1.82) is 0 Å². The second-order valence-corrected chi connectivity index (χ2v) is 6.62. The van der Waals surface area contributed by atoms with Crippen LogP contribution in [0.25, 0.3) is 11.0 Å². The van der Waals surface area contributed by atoms with E-state index < -0.39 is 6.03 Å². The number of nitrogens with one attached hydrogen (secondary N) is 3. The quantitative estimate of drug-likeness (QED) is 0.380. The zero-order chi connectivity index (χ0) is 20.4. The van der Waals surface area contributed by atoms with Crippen LogP contribution in [-0.2, 0) is 0 Å². The second-order valence-electron chi connectivity index (χ2n) is 6.18. The van der Waals surface area contributed by atoms with Gasteiger partial charge in [0.05, 0.1) is 10.9 Å². The lowest BCUT2D eigenvalue weighted by atomic mass is 10.0. The minimum absolute atomic E-state index is 0.219. The van der Waals surface area contributed by atoms with Crippen LogP contribution in [0.3, 0.4) is 0 Å². The lowest BCUT2D eigenvalue weighted by molar-refractivity contribution is 0.104. The Morgan fingerprint density at radius 2 is 1.76 bits per heavy atom. The number of urea groups is 1. The molecule has 0 aliphatic heterocycles. The number of carbonyl (C=O) groups is 2. The summed E-state index contributed by atoms with van der Waals surface area (Å²) in [6, 6.07) is 12.9. The Morgan fingerprint density at radius 1 is 1.00 bits per heavy atom. The highest BCUT2D eigenvalue weighted by Gasteiger charge is 2.18. The van der Waals surface area contributed by atoms with E-state index in [4.69, 9.17) is 17.3 Å². The summed E-state index contributed by atoms with van der Waals surface area (Å²) in [5, 5.41) is 6.44. The van der Waals surface area contributed by atoms with Crippen molar-refractivity contribution in [2.24, 2.45) is 0 Å². The predicted octanol–water partition coefficient (Wildman–Crippen LogP) is 4.07. The monoisotopic (exact) mass is 406 g/mol. The second kappa shape index (κ2) is 7.61. The fourth-order valence-electron chi connectivity index (χ4n) is 2.89. The predicted molar refractivity (Wildman–Crippen MR) is 112 cm³/mol. The van der Waals surface area contributed by atoms with Gasteiger partial charge in [-0.05, 0) is 36.4 Å². The molecule has 2 aromatic carbocycles. The summed E-state index contributed by atoms with van der Waals surface area (Å²) >= 11 is 5.84. The molecule has 4 aromatic rings. The van der Waals surface area contributed by atoms with Crippen molar-refractivity contribution in [3.05, 3.63) is 77.2 Å². The first-order valence-electron chi connectivity index (χ1n) is 8.57. The molecule has 0 spiro atoms. The highest BCUT2D eigenvalue weighted by Crippen LogP contribution is 2.24. The molecule has 0 saturated carbocycles. The molecule has 0 radical (unpaired) electrons. The van der Waals surface area contributed by atoms with E-state index in [0.29, 0.717) is 38.6 Å². The van der Waals surface area contributed by atoms with E-state index in [1.807, 2.05) is 0 Å². The maximum Gasteiger partial charge on any atom is 0.323 e. The number of benzene rings is 2. The average molecular weight is 407 g/mol. The number of halogens is 1. The fourth-order valence-corrected chi connectivity index (χ4v) is 3.01. The molecule has 0 aliphatic rings. The van der Waals surface area contributed by atoms with Gasteiger partial charge in [0.2, 0.25) is 0 Å². The number of aromatic nitrogens is 3. The summed E-state index contributed by atoms with van der Waals surface area (Å²) in [5.74, 6) is -0.0456. The summed E-state index contributed by atoms with van der Waals surface area (Å²) in [5.41, 5.74) is 8.19. The first-order valence-corrected chi connectivity index (χ1v) is 8.95. The Hall–Kier alpha value is -3.91. The highest BCUT2D eigenvalue weighted by molar-refractivity contribution is 6.30. The van der Waals surface area contributed by atoms with Crippen LogP contribution in [0.5, 0.6) is 0 Å². The number of aromatic amines is 1. The van der Waals surface area contributed by atoms with Gasteiger partial charge in [0.15, 0.2) is 5.78 Å². The number of H-pyrrole nitrogens is 1. The lowest BCUT2D eigenvalue weighted by Gasteiger charge is -2.09. The van der Waals surface area contributed by atoms with Gasteiger partial charge in [0.25, 0.3) is 0 Å². The zero-order valence-corrected chi connectivity index (χ0v) is 15.7. The third kappa shape index (κ3) is 3.87. The van der Waals surface area contributed by atoms with Crippen molar-refractivity contribution in [3.8, 4) is 0 Å². The van der Waals surface area contributed by atoms with E-state index >= 15 is 0 Å². The molecule has 0 atom stereocenters. The third-order valence-electron chi connectivity index (χ3n) is 4.23. The Balaban J connectivity index is 1.54. The van der Waals surface area contributed by atoms with Gasteiger partial charge in [-0.2, -0.15) is 0 Å². The number of amides is 2. The molecule has 4 rings (SSSR count). The normalized spacial score (nSPS) is 10.7. The number of rotatable bonds is 4. The molecule has 5 N–H and O–H groups in total. The number of fused-ring (bicyclic) bond motifs is 1. The number of nitrogens with two attached hydrogens (primary N) is 1. The SMILES string of the molecule is Nc1ncnc2[nH]cc(C(=O)c3cccc(NC(=O)Nc4ccc(Cl)cc4)c3)c12. The summed E-state index contributed by atoms with van der Waals surface area (Å²) < 4.78 is 0. The van der Waals surface area contributed by atoms with Gasteiger partial charge in [0, 0.05) is 28.2 Å². The summed E-state index contributed by atoms with van der Waals surface area (Å²) in [7, 11) is 0. The molecule has 9 heteroatoms. The molecule has 8 nitrogen and oxygen atoms in total. The topological polar surface area (TPSA) is 126 Å². The van der Waals surface area contributed by atoms with Crippen molar-refractivity contribution >= 4 is 51.6 Å². The van der Waals surface area contributed by atoms with Crippen LogP contribution in [0.2, 0.25) is 5.02 Å². The molecule has 144 valence electrons. The number of anilines is 3. The minimum atomic E-state index is -0.443. The number of nitrogen functional groups attached to an aromatic ring is 1. The van der Waals surface area contributed by atoms with E-state index in [-0.39, 0.29) is 11.6 Å². The summed E-state index contributed by atoms with van der Waals surface area (Å²) in [4.78, 5) is 36.1. The molecule has 0 saturated heterocycles. The molecule has 29 heavy (non-hydrogen) atoms.